The van der Waals surface area contributed by atoms with Gasteiger partial charge in [-0.3, -0.25) is 0 Å². The molecule has 0 saturated carbocycles. The fourth-order valence-corrected chi connectivity index (χ4v) is 2.65. The molecule has 0 bridgehead atoms. The zero-order valence-corrected chi connectivity index (χ0v) is 12.8. The van der Waals surface area contributed by atoms with Crippen molar-refractivity contribution in [2.24, 2.45) is 0 Å². The van der Waals surface area contributed by atoms with Crippen molar-refractivity contribution in [3.05, 3.63) is 29.3 Å². The van der Waals surface area contributed by atoms with Crippen molar-refractivity contribution in [1.82, 2.24) is 5.32 Å². The lowest BCUT2D eigenvalue weighted by molar-refractivity contribution is 0.337. The summed E-state index contributed by atoms with van der Waals surface area (Å²) in [5.74, 6) is 3.28. The van der Waals surface area contributed by atoms with E-state index in [1.54, 1.807) is 0 Å². The van der Waals surface area contributed by atoms with Gasteiger partial charge in [-0.2, -0.15) is 11.8 Å². The Labute approximate surface area is 116 Å². The van der Waals surface area contributed by atoms with E-state index in [9.17, 15) is 0 Å². The Morgan fingerprint density at radius 1 is 1.33 bits per heavy atom. The van der Waals surface area contributed by atoms with Crippen LogP contribution < -0.4 is 10.1 Å². The average Bonchev–Trinajstić information content (AvgIpc) is 2.40. The highest BCUT2D eigenvalue weighted by molar-refractivity contribution is 7.98. The number of rotatable bonds is 8. The van der Waals surface area contributed by atoms with Crippen LogP contribution in [0.3, 0.4) is 0 Å². The van der Waals surface area contributed by atoms with Crippen molar-refractivity contribution in [2.75, 3.05) is 19.4 Å². The molecule has 0 aliphatic carbocycles. The third kappa shape index (κ3) is 4.54. The fraction of sp³-hybridized carbons (Fsp3) is 0.600. The minimum Gasteiger partial charge on any atom is -0.494 e. The predicted molar refractivity (Wildman–Crippen MR) is 81.5 cm³/mol. The van der Waals surface area contributed by atoms with Gasteiger partial charge in [-0.1, -0.05) is 13.0 Å². The summed E-state index contributed by atoms with van der Waals surface area (Å²) in [6.07, 6.45) is 1.22. The quantitative estimate of drug-likeness (QED) is 0.719. The van der Waals surface area contributed by atoms with Gasteiger partial charge in [0.1, 0.15) is 5.75 Å². The van der Waals surface area contributed by atoms with Gasteiger partial charge < -0.3 is 10.1 Å². The van der Waals surface area contributed by atoms with Gasteiger partial charge in [0.15, 0.2) is 0 Å². The predicted octanol–water partition coefficient (Wildman–Crippen LogP) is 4.01. The summed E-state index contributed by atoms with van der Waals surface area (Å²) in [5.41, 5.74) is 2.64. The summed E-state index contributed by atoms with van der Waals surface area (Å²) >= 11 is 1.97. The van der Waals surface area contributed by atoms with E-state index in [4.69, 9.17) is 4.74 Å². The molecule has 1 aromatic rings. The van der Waals surface area contributed by atoms with Crippen molar-refractivity contribution < 1.29 is 4.74 Å². The average molecular weight is 267 g/mol. The Kier molecular flexibility index (Phi) is 7.21. The smallest absolute Gasteiger partial charge is 0.123 e. The second-order valence-electron chi connectivity index (χ2n) is 4.36. The molecule has 1 rings (SSSR count). The van der Waals surface area contributed by atoms with Crippen LogP contribution in [0.2, 0.25) is 0 Å². The molecule has 0 saturated heterocycles. The zero-order valence-electron chi connectivity index (χ0n) is 12.0. The Bertz CT molecular complexity index is 354. The van der Waals surface area contributed by atoms with Crippen LogP contribution in [-0.4, -0.2) is 19.4 Å². The second kappa shape index (κ2) is 8.44. The Morgan fingerprint density at radius 3 is 2.72 bits per heavy atom. The lowest BCUT2D eigenvalue weighted by Crippen LogP contribution is -2.12. The summed E-state index contributed by atoms with van der Waals surface area (Å²) in [6, 6.07) is 6.92. The molecule has 0 aliphatic rings. The minimum absolute atomic E-state index is 0.385. The molecule has 0 fully saturated rings. The van der Waals surface area contributed by atoms with Crippen LogP contribution in [0.1, 0.15) is 44.4 Å². The summed E-state index contributed by atoms with van der Waals surface area (Å²) in [5, 5.41) is 3.28. The summed E-state index contributed by atoms with van der Waals surface area (Å²) < 4.78 is 5.70. The van der Waals surface area contributed by atoms with E-state index in [0.29, 0.717) is 6.04 Å². The van der Waals surface area contributed by atoms with Crippen LogP contribution in [0, 0.1) is 0 Å². The number of ether oxygens (including phenoxy) is 1. The number of thioether (sulfide) groups is 1. The Morgan fingerprint density at radius 2 is 2.11 bits per heavy atom. The maximum Gasteiger partial charge on any atom is 0.123 e. The van der Waals surface area contributed by atoms with E-state index in [-0.39, 0.29) is 0 Å². The first-order valence-corrected chi connectivity index (χ1v) is 7.89. The van der Waals surface area contributed by atoms with Crippen molar-refractivity contribution in [3.8, 4) is 5.75 Å². The van der Waals surface area contributed by atoms with Crippen molar-refractivity contribution in [3.63, 3.8) is 0 Å². The highest BCUT2D eigenvalue weighted by atomic mass is 32.2. The molecule has 0 aromatic heterocycles. The molecule has 1 aromatic carbocycles. The molecule has 102 valence electrons. The second-order valence-corrected chi connectivity index (χ2v) is 5.47. The van der Waals surface area contributed by atoms with E-state index in [0.717, 1.165) is 18.1 Å². The van der Waals surface area contributed by atoms with Gasteiger partial charge in [-0.25, -0.2) is 0 Å². The van der Waals surface area contributed by atoms with Crippen molar-refractivity contribution in [1.29, 1.82) is 0 Å². The number of hydrogen-bond donors (Lipinski definition) is 1. The fourth-order valence-electron chi connectivity index (χ4n) is 1.77. The summed E-state index contributed by atoms with van der Waals surface area (Å²) in [4.78, 5) is 0. The molecular weight excluding hydrogens is 242 g/mol. The molecule has 0 spiro atoms. The largest absolute Gasteiger partial charge is 0.494 e. The van der Waals surface area contributed by atoms with Gasteiger partial charge in [0.05, 0.1) is 6.61 Å². The van der Waals surface area contributed by atoms with Gasteiger partial charge in [-0.05, 0) is 50.8 Å². The van der Waals surface area contributed by atoms with E-state index in [2.05, 4.69) is 37.4 Å². The highest BCUT2D eigenvalue weighted by Crippen LogP contribution is 2.27. The van der Waals surface area contributed by atoms with E-state index < -0.39 is 0 Å². The lowest BCUT2D eigenvalue weighted by atomic mass is 10.1. The normalized spacial score (nSPS) is 12.4. The third-order valence-electron chi connectivity index (χ3n) is 2.92. The Balaban J connectivity index is 2.84. The van der Waals surface area contributed by atoms with Gasteiger partial charge in [0.2, 0.25) is 0 Å². The van der Waals surface area contributed by atoms with Gasteiger partial charge in [0, 0.05) is 17.4 Å². The van der Waals surface area contributed by atoms with Crippen LogP contribution in [0.25, 0.3) is 0 Å². The van der Waals surface area contributed by atoms with E-state index >= 15 is 0 Å². The van der Waals surface area contributed by atoms with Gasteiger partial charge >= 0.3 is 0 Å². The van der Waals surface area contributed by atoms with Crippen molar-refractivity contribution >= 4 is 11.8 Å². The maximum atomic E-state index is 5.70. The molecule has 0 amide bonds. The van der Waals surface area contributed by atoms with Crippen LogP contribution in [-0.2, 0) is 5.75 Å². The molecule has 18 heavy (non-hydrogen) atoms. The standard InChI is InChI=1S/C15H25NOS/c1-5-9-18-11-14-10-13(12(3)16-4)7-8-15(14)17-6-2/h7-8,10,12,16H,5-6,9,11H2,1-4H3. The van der Waals surface area contributed by atoms with Gasteiger partial charge in [0.25, 0.3) is 0 Å². The molecule has 0 heterocycles. The molecule has 0 aliphatic heterocycles. The summed E-state index contributed by atoms with van der Waals surface area (Å²) in [6.45, 7) is 7.16. The number of hydrogen-bond acceptors (Lipinski definition) is 3. The molecular formula is C15H25NOS. The first kappa shape index (κ1) is 15.4. The van der Waals surface area contributed by atoms with Crippen LogP contribution in [0.15, 0.2) is 18.2 Å². The highest BCUT2D eigenvalue weighted by Gasteiger charge is 2.08. The van der Waals surface area contributed by atoms with E-state index in [1.807, 2.05) is 25.7 Å². The third-order valence-corrected chi connectivity index (χ3v) is 4.14. The first-order valence-electron chi connectivity index (χ1n) is 6.73. The minimum atomic E-state index is 0.385. The molecule has 3 heteroatoms. The maximum absolute atomic E-state index is 5.70. The van der Waals surface area contributed by atoms with Crippen LogP contribution >= 0.6 is 11.8 Å². The molecule has 0 radical (unpaired) electrons. The Hall–Kier alpha value is -0.670. The summed E-state index contributed by atoms with van der Waals surface area (Å²) in [7, 11) is 1.99. The molecule has 1 atom stereocenters. The first-order chi connectivity index (χ1) is 8.72. The van der Waals surface area contributed by atoms with Crippen molar-refractivity contribution in [2.45, 2.75) is 39.0 Å². The van der Waals surface area contributed by atoms with Crippen LogP contribution in [0.5, 0.6) is 5.75 Å². The zero-order chi connectivity index (χ0) is 13.4. The molecule has 2 nitrogen and oxygen atoms in total. The van der Waals surface area contributed by atoms with Gasteiger partial charge in [-0.15, -0.1) is 0 Å². The van der Waals surface area contributed by atoms with E-state index in [1.165, 1.54) is 23.3 Å². The topological polar surface area (TPSA) is 21.3 Å². The number of nitrogens with one attached hydrogen (secondary N) is 1. The SMILES string of the molecule is CCCSCc1cc(C(C)NC)ccc1OCC. The monoisotopic (exact) mass is 267 g/mol. The lowest BCUT2D eigenvalue weighted by Gasteiger charge is -2.15. The molecule has 1 N–H and O–H groups in total. The van der Waals surface area contributed by atoms with Crippen LogP contribution in [0.4, 0.5) is 0 Å². The number of benzene rings is 1. The molecule has 1 unspecified atom stereocenters.